The monoisotopic (exact) mass is 454 g/mol. The maximum atomic E-state index is 12.9. The molecule has 0 aromatic heterocycles. The SMILES string of the molecule is CNC(=O)C(C)N(Cc1ccc(OC)cc1)C(=O)CSCc1ccc(Cl)cc1Cl. The van der Waals surface area contributed by atoms with Crippen molar-refractivity contribution in [3.05, 3.63) is 63.6 Å². The first-order valence-corrected chi connectivity index (χ1v) is 10.9. The van der Waals surface area contributed by atoms with Crippen molar-refractivity contribution in [2.75, 3.05) is 19.9 Å². The first kappa shape index (κ1) is 23.4. The zero-order valence-corrected chi connectivity index (χ0v) is 18.9. The van der Waals surface area contributed by atoms with Gasteiger partial charge >= 0.3 is 0 Å². The topological polar surface area (TPSA) is 58.6 Å². The van der Waals surface area contributed by atoms with E-state index >= 15 is 0 Å². The zero-order valence-electron chi connectivity index (χ0n) is 16.6. The van der Waals surface area contributed by atoms with Crippen molar-refractivity contribution >= 4 is 46.8 Å². The highest BCUT2D eigenvalue weighted by atomic mass is 35.5. The highest BCUT2D eigenvalue weighted by Crippen LogP contribution is 2.25. The van der Waals surface area contributed by atoms with Crippen LogP contribution in [0.15, 0.2) is 42.5 Å². The second-order valence-electron chi connectivity index (χ2n) is 6.39. The Morgan fingerprint density at radius 2 is 1.86 bits per heavy atom. The number of rotatable bonds is 9. The molecule has 0 aliphatic heterocycles. The fourth-order valence-corrected chi connectivity index (χ4v) is 4.16. The predicted molar refractivity (Wildman–Crippen MR) is 120 cm³/mol. The summed E-state index contributed by atoms with van der Waals surface area (Å²) in [5.41, 5.74) is 1.83. The van der Waals surface area contributed by atoms with Gasteiger partial charge in [0.2, 0.25) is 11.8 Å². The Labute approximate surface area is 185 Å². The molecular weight excluding hydrogens is 431 g/mol. The van der Waals surface area contributed by atoms with Crippen molar-refractivity contribution in [1.29, 1.82) is 0 Å². The van der Waals surface area contributed by atoms with Crippen LogP contribution < -0.4 is 10.1 Å². The number of nitrogens with zero attached hydrogens (tertiary/aromatic N) is 1. The molecule has 0 aliphatic rings. The van der Waals surface area contributed by atoms with Gasteiger partial charge in [0.25, 0.3) is 0 Å². The highest BCUT2D eigenvalue weighted by molar-refractivity contribution is 7.99. The maximum Gasteiger partial charge on any atom is 0.242 e. The summed E-state index contributed by atoms with van der Waals surface area (Å²) in [6.45, 7) is 2.06. The van der Waals surface area contributed by atoms with Gasteiger partial charge in [-0.3, -0.25) is 9.59 Å². The molecule has 0 saturated heterocycles. The number of ether oxygens (including phenoxy) is 1. The Bertz CT molecular complexity index is 846. The van der Waals surface area contributed by atoms with E-state index in [9.17, 15) is 9.59 Å². The van der Waals surface area contributed by atoms with Crippen molar-refractivity contribution in [1.82, 2.24) is 10.2 Å². The maximum absolute atomic E-state index is 12.9. The molecule has 156 valence electrons. The molecule has 2 aromatic rings. The molecule has 1 N–H and O–H groups in total. The molecule has 0 bridgehead atoms. The number of hydrogen-bond donors (Lipinski definition) is 1. The quantitative estimate of drug-likeness (QED) is 0.609. The molecule has 1 unspecified atom stereocenters. The van der Waals surface area contributed by atoms with E-state index in [2.05, 4.69) is 5.32 Å². The van der Waals surface area contributed by atoms with Crippen molar-refractivity contribution in [2.24, 2.45) is 0 Å². The Balaban J connectivity index is 2.05. The molecule has 0 heterocycles. The average molecular weight is 455 g/mol. The van der Waals surface area contributed by atoms with E-state index in [1.807, 2.05) is 30.3 Å². The minimum Gasteiger partial charge on any atom is -0.497 e. The number of carbonyl (C=O) groups is 2. The van der Waals surface area contributed by atoms with Crippen LogP contribution in [0.1, 0.15) is 18.1 Å². The van der Waals surface area contributed by atoms with Crippen molar-refractivity contribution in [3.63, 3.8) is 0 Å². The van der Waals surface area contributed by atoms with E-state index in [1.54, 1.807) is 38.1 Å². The highest BCUT2D eigenvalue weighted by Gasteiger charge is 2.25. The Hall–Kier alpha value is -1.89. The van der Waals surface area contributed by atoms with Crippen molar-refractivity contribution < 1.29 is 14.3 Å². The summed E-state index contributed by atoms with van der Waals surface area (Å²) >= 11 is 13.6. The summed E-state index contributed by atoms with van der Waals surface area (Å²) < 4.78 is 5.17. The van der Waals surface area contributed by atoms with Gasteiger partial charge in [0.1, 0.15) is 11.8 Å². The van der Waals surface area contributed by atoms with Crippen LogP contribution in [0.25, 0.3) is 0 Å². The second-order valence-corrected chi connectivity index (χ2v) is 8.22. The molecule has 2 rings (SSSR count). The first-order valence-electron chi connectivity index (χ1n) is 9.01. The molecule has 0 aliphatic carbocycles. The van der Waals surface area contributed by atoms with Gasteiger partial charge in [-0.05, 0) is 42.3 Å². The number of likely N-dealkylation sites (N-methyl/N-ethyl adjacent to an activating group) is 1. The van der Waals surface area contributed by atoms with E-state index in [0.29, 0.717) is 22.3 Å². The van der Waals surface area contributed by atoms with Gasteiger partial charge in [0, 0.05) is 29.4 Å². The van der Waals surface area contributed by atoms with E-state index in [1.165, 1.54) is 11.8 Å². The molecule has 1 atom stereocenters. The van der Waals surface area contributed by atoms with Gasteiger partial charge < -0.3 is 15.0 Å². The molecule has 0 fully saturated rings. The predicted octanol–water partition coefficient (Wildman–Crippen LogP) is 4.40. The van der Waals surface area contributed by atoms with E-state index in [-0.39, 0.29) is 17.6 Å². The molecule has 29 heavy (non-hydrogen) atoms. The second kappa shape index (κ2) is 11.3. The van der Waals surface area contributed by atoms with Crippen molar-refractivity contribution in [2.45, 2.75) is 25.3 Å². The van der Waals surface area contributed by atoms with Crippen LogP contribution in [-0.2, 0) is 21.9 Å². The molecule has 0 spiro atoms. The summed E-state index contributed by atoms with van der Waals surface area (Å²) in [4.78, 5) is 26.6. The largest absolute Gasteiger partial charge is 0.497 e. The molecule has 5 nitrogen and oxygen atoms in total. The number of methoxy groups -OCH3 is 1. The van der Waals surface area contributed by atoms with Crippen LogP contribution in [0.2, 0.25) is 10.0 Å². The van der Waals surface area contributed by atoms with Gasteiger partial charge in [-0.25, -0.2) is 0 Å². The summed E-state index contributed by atoms with van der Waals surface area (Å²) in [6.07, 6.45) is 0. The molecule has 0 radical (unpaired) electrons. The van der Waals surface area contributed by atoms with Crippen LogP contribution in [0.5, 0.6) is 5.75 Å². The third-order valence-corrected chi connectivity index (χ3v) is 5.98. The Morgan fingerprint density at radius 1 is 1.17 bits per heavy atom. The molecule has 0 saturated carbocycles. The van der Waals surface area contributed by atoms with E-state index in [4.69, 9.17) is 27.9 Å². The average Bonchev–Trinajstić information content (AvgIpc) is 2.72. The number of benzene rings is 2. The minimum atomic E-state index is -0.589. The van der Waals surface area contributed by atoms with E-state index < -0.39 is 6.04 Å². The minimum absolute atomic E-state index is 0.119. The van der Waals surface area contributed by atoms with Gasteiger partial charge in [-0.2, -0.15) is 0 Å². The molecular formula is C21H24Cl2N2O3S. The third kappa shape index (κ3) is 6.84. The van der Waals surface area contributed by atoms with Crippen LogP contribution in [0, 0.1) is 0 Å². The number of hydrogen-bond acceptors (Lipinski definition) is 4. The molecule has 8 heteroatoms. The first-order chi connectivity index (χ1) is 13.8. The number of nitrogens with one attached hydrogen (secondary N) is 1. The molecule has 2 aromatic carbocycles. The fourth-order valence-electron chi connectivity index (χ4n) is 2.69. The van der Waals surface area contributed by atoms with Gasteiger partial charge in [-0.15, -0.1) is 11.8 Å². The summed E-state index contributed by atoms with van der Waals surface area (Å²) in [6, 6.07) is 12.2. The lowest BCUT2D eigenvalue weighted by Gasteiger charge is -2.28. The number of thioether (sulfide) groups is 1. The lowest BCUT2D eigenvalue weighted by Crippen LogP contribution is -2.47. The van der Waals surface area contributed by atoms with Crippen LogP contribution in [-0.4, -0.2) is 42.7 Å². The summed E-state index contributed by atoms with van der Waals surface area (Å²) in [5, 5.41) is 3.76. The number of halogens is 2. The van der Waals surface area contributed by atoms with Crippen LogP contribution >= 0.6 is 35.0 Å². The van der Waals surface area contributed by atoms with Crippen molar-refractivity contribution in [3.8, 4) is 5.75 Å². The van der Waals surface area contributed by atoms with Gasteiger partial charge in [0.15, 0.2) is 0 Å². The number of carbonyl (C=O) groups excluding carboxylic acids is 2. The third-order valence-electron chi connectivity index (χ3n) is 4.42. The van der Waals surface area contributed by atoms with Gasteiger partial charge in [0.05, 0.1) is 12.9 Å². The lowest BCUT2D eigenvalue weighted by atomic mass is 10.1. The van der Waals surface area contributed by atoms with E-state index in [0.717, 1.165) is 16.9 Å². The summed E-state index contributed by atoms with van der Waals surface area (Å²) in [7, 11) is 3.16. The Kier molecular flexibility index (Phi) is 9.14. The zero-order chi connectivity index (χ0) is 21.4. The fraction of sp³-hybridized carbons (Fsp3) is 0.333. The molecule has 2 amide bonds. The van der Waals surface area contributed by atoms with Gasteiger partial charge in [-0.1, -0.05) is 41.4 Å². The van der Waals surface area contributed by atoms with Crippen LogP contribution in [0.3, 0.4) is 0 Å². The number of amides is 2. The normalized spacial score (nSPS) is 11.6. The summed E-state index contributed by atoms with van der Waals surface area (Å²) in [5.74, 6) is 1.22. The Morgan fingerprint density at radius 3 is 2.45 bits per heavy atom. The van der Waals surface area contributed by atoms with Crippen LogP contribution in [0.4, 0.5) is 0 Å². The smallest absolute Gasteiger partial charge is 0.242 e. The standard InChI is InChI=1S/C21H24Cl2N2O3S/c1-14(21(27)24-2)25(11-15-4-8-18(28-3)9-5-15)20(26)13-29-12-16-6-7-17(22)10-19(16)23/h4-10,14H,11-13H2,1-3H3,(H,24,27). The lowest BCUT2D eigenvalue weighted by molar-refractivity contribution is -0.138.